The SMILES string of the molecule is COc1ccc(CC(=O)NCCc2csc(-c3ccccc3C)n2)cc1. The maximum Gasteiger partial charge on any atom is 0.224 e. The van der Waals surface area contributed by atoms with E-state index in [9.17, 15) is 4.79 Å². The van der Waals surface area contributed by atoms with E-state index in [4.69, 9.17) is 9.72 Å². The fourth-order valence-corrected chi connectivity index (χ4v) is 3.62. The van der Waals surface area contributed by atoms with E-state index < -0.39 is 0 Å². The average Bonchev–Trinajstić information content (AvgIpc) is 3.11. The molecule has 0 unspecified atom stereocenters. The van der Waals surface area contributed by atoms with E-state index in [-0.39, 0.29) is 5.91 Å². The minimum Gasteiger partial charge on any atom is -0.497 e. The number of rotatable bonds is 7. The number of carbonyl (C=O) groups excluding carboxylic acids is 1. The Balaban J connectivity index is 1.49. The van der Waals surface area contributed by atoms with Crippen LogP contribution in [0.4, 0.5) is 0 Å². The van der Waals surface area contributed by atoms with Gasteiger partial charge < -0.3 is 10.1 Å². The van der Waals surface area contributed by atoms with Gasteiger partial charge in [-0.1, -0.05) is 36.4 Å². The van der Waals surface area contributed by atoms with Crippen molar-refractivity contribution < 1.29 is 9.53 Å². The molecular formula is C21H22N2O2S. The topological polar surface area (TPSA) is 51.2 Å². The number of benzene rings is 2. The molecule has 4 nitrogen and oxygen atoms in total. The highest BCUT2D eigenvalue weighted by Gasteiger charge is 2.08. The monoisotopic (exact) mass is 366 g/mol. The Morgan fingerprint density at radius 3 is 2.65 bits per heavy atom. The van der Waals surface area contributed by atoms with Crippen LogP contribution in [0.5, 0.6) is 5.75 Å². The predicted octanol–water partition coefficient (Wildman–Crippen LogP) is 4.03. The normalized spacial score (nSPS) is 10.5. The molecule has 0 saturated carbocycles. The van der Waals surface area contributed by atoms with Crippen LogP contribution in [-0.4, -0.2) is 24.5 Å². The highest BCUT2D eigenvalue weighted by Crippen LogP contribution is 2.26. The van der Waals surface area contributed by atoms with Crippen molar-refractivity contribution in [2.24, 2.45) is 0 Å². The van der Waals surface area contributed by atoms with Crippen LogP contribution >= 0.6 is 11.3 Å². The minimum atomic E-state index is 0.0181. The van der Waals surface area contributed by atoms with E-state index in [2.05, 4.69) is 29.8 Å². The summed E-state index contributed by atoms with van der Waals surface area (Å²) in [6, 6.07) is 15.8. The number of hydrogen-bond acceptors (Lipinski definition) is 4. The molecule has 0 aliphatic heterocycles. The molecule has 26 heavy (non-hydrogen) atoms. The van der Waals surface area contributed by atoms with Crippen LogP contribution in [0.3, 0.4) is 0 Å². The molecule has 1 heterocycles. The molecule has 2 aromatic carbocycles. The number of aromatic nitrogens is 1. The summed E-state index contributed by atoms with van der Waals surface area (Å²) in [5.74, 6) is 0.812. The molecular weight excluding hydrogens is 344 g/mol. The van der Waals surface area contributed by atoms with Crippen LogP contribution in [0, 0.1) is 6.92 Å². The highest BCUT2D eigenvalue weighted by atomic mass is 32.1. The number of nitrogens with zero attached hydrogens (tertiary/aromatic N) is 1. The first-order valence-electron chi connectivity index (χ1n) is 8.56. The second-order valence-corrected chi connectivity index (χ2v) is 6.94. The first-order chi connectivity index (χ1) is 12.7. The zero-order valence-corrected chi connectivity index (χ0v) is 15.8. The number of carbonyl (C=O) groups is 1. The summed E-state index contributed by atoms with van der Waals surface area (Å²) in [7, 11) is 1.63. The van der Waals surface area contributed by atoms with Crippen molar-refractivity contribution in [2.45, 2.75) is 19.8 Å². The summed E-state index contributed by atoms with van der Waals surface area (Å²) in [6.07, 6.45) is 1.10. The minimum absolute atomic E-state index is 0.0181. The van der Waals surface area contributed by atoms with Crippen LogP contribution in [0.2, 0.25) is 0 Å². The second-order valence-electron chi connectivity index (χ2n) is 6.08. The lowest BCUT2D eigenvalue weighted by Crippen LogP contribution is -2.27. The van der Waals surface area contributed by atoms with Gasteiger partial charge in [-0.05, 0) is 30.2 Å². The molecule has 0 spiro atoms. The molecule has 0 atom stereocenters. The molecule has 134 valence electrons. The van der Waals surface area contributed by atoms with Crippen LogP contribution in [0.1, 0.15) is 16.8 Å². The van der Waals surface area contributed by atoms with Crippen LogP contribution < -0.4 is 10.1 Å². The van der Waals surface area contributed by atoms with Crippen molar-refractivity contribution in [3.05, 3.63) is 70.7 Å². The highest BCUT2D eigenvalue weighted by molar-refractivity contribution is 7.13. The van der Waals surface area contributed by atoms with Crippen molar-refractivity contribution >= 4 is 17.2 Å². The molecule has 3 rings (SSSR count). The number of amides is 1. The van der Waals surface area contributed by atoms with Gasteiger partial charge in [-0.25, -0.2) is 4.98 Å². The number of thiazole rings is 1. The molecule has 0 bridgehead atoms. The smallest absolute Gasteiger partial charge is 0.224 e. The third-order valence-electron chi connectivity index (χ3n) is 4.15. The maximum absolute atomic E-state index is 12.1. The summed E-state index contributed by atoms with van der Waals surface area (Å²) in [5, 5.41) is 6.06. The quantitative estimate of drug-likeness (QED) is 0.687. The Kier molecular flexibility index (Phi) is 6.02. The third kappa shape index (κ3) is 4.70. The van der Waals surface area contributed by atoms with E-state index in [0.717, 1.165) is 28.4 Å². The third-order valence-corrected chi connectivity index (χ3v) is 5.08. The molecule has 5 heteroatoms. The van der Waals surface area contributed by atoms with Gasteiger partial charge in [-0.3, -0.25) is 4.79 Å². The predicted molar refractivity (Wildman–Crippen MR) is 106 cm³/mol. The number of ether oxygens (including phenoxy) is 1. The fraction of sp³-hybridized carbons (Fsp3) is 0.238. The van der Waals surface area contributed by atoms with Gasteiger partial charge in [0, 0.05) is 23.9 Å². The van der Waals surface area contributed by atoms with E-state index in [1.54, 1.807) is 18.4 Å². The lowest BCUT2D eigenvalue weighted by Gasteiger charge is -2.05. The Bertz CT molecular complexity index is 872. The lowest BCUT2D eigenvalue weighted by molar-refractivity contribution is -0.120. The molecule has 0 fully saturated rings. The Hall–Kier alpha value is -2.66. The van der Waals surface area contributed by atoms with Gasteiger partial charge in [0.2, 0.25) is 5.91 Å². The standard InChI is InChI=1S/C21H22N2O2S/c1-15-5-3-4-6-19(15)21-23-17(14-26-21)11-12-22-20(24)13-16-7-9-18(25-2)10-8-16/h3-10,14H,11-13H2,1-2H3,(H,22,24). The van der Waals surface area contributed by atoms with Crippen molar-refractivity contribution in [1.29, 1.82) is 0 Å². The summed E-state index contributed by atoms with van der Waals surface area (Å²) in [5.41, 5.74) is 4.38. The van der Waals surface area contributed by atoms with Crippen molar-refractivity contribution in [1.82, 2.24) is 10.3 Å². The first-order valence-corrected chi connectivity index (χ1v) is 9.43. The molecule has 0 aliphatic carbocycles. The molecule has 3 aromatic rings. The van der Waals surface area contributed by atoms with Crippen LogP contribution in [0.15, 0.2) is 53.9 Å². The van der Waals surface area contributed by atoms with E-state index >= 15 is 0 Å². The zero-order valence-electron chi connectivity index (χ0n) is 15.0. The van der Waals surface area contributed by atoms with Gasteiger partial charge in [-0.2, -0.15) is 0 Å². The summed E-state index contributed by atoms with van der Waals surface area (Å²) < 4.78 is 5.12. The van der Waals surface area contributed by atoms with Gasteiger partial charge in [-0.15, -0.1) is 11.3 Å². The second kappa shape index (κ2) is 8.63. The maximum atomic E-state index is 12.1. The molecule has 0 aliphatic rings. The van der Waals surface area contributed by atoms with Gasteiger partial charge >= 0.3 is 0 Å². The van der Waals surface area contributed by atoms with Crippen molar-refractivity contribution in [2.75, 3.05) is 13.7 Å². The molecule has 1 amide bonds. The van der Waals surface area contributed by atoms with Gasteiger partial charge in [0.25, 0.3) is 0 Å². The molecule has 0 saturated heterocycles. The molecule has 0 radical (unpaired) electrons. The molecule has 1 aromatic heterocycles. The van der Waals surface area contributed by atoms with Gasteiger partial charge in [0.05, 0.1) is 19.2 Å². The zero-order chi connectivity index (χ0) is 18.4. The number of hydrogen-bond donors (Lipinski definition) is 1. The Labute approximate surface area is 157 Å². The summed E-state index contributed by atoms with van der Waals surface area (Å²) >= 11 is 1.65. The Morgan fingerprint density at radius 1 is 1.15 bits per heavy atom. The van der Waals surface area contributed by atoms with E-state index in [1.807, 2.05) is 36.4 Å². The summed E-state index contributed by atoms with van der Waals surface area (Å²) in [4.78, 5) is 16.8. The number of methoxy groups -OCH3 is 1. The molecule has 1 N–H and O–H groups in total. The van der Waals surface area contributed by atoms with E-state index in [0.29, 0.717) is 13.0 Å². The van der Waals surface area contributed by atoms with Gasteiger partial charge in [0.15, 0.2) is 0 Å². The fourth-order valence-electron chi connectivity index (χ4n) is 2.68. The number of nitrogens with one attached hydrogen (secondary N) is 1. The summed E-state index contributed by atoms with van der Waals surface area (Å²) in [6.45, 7) is 2.68. The lowest BCUT2D eigenvalue weighted by atomic mass is 10.1. The van der Waals surface area contributed by atoms with Crippen LogP contribution in [-0.2, 0) is 17.6 Å². The number of aryl methyl sites for hydroxylation is 1. The Morgan fingerprint density at radius 2 is 1.92 bits per heavy atom. The van der Waals surface area contributed by atoms with Crippen molar-refractivity contribution in [3.8, 4) is 16.3 Å². The first kappa shape index (κ1) is 18.1. The van der Waals surface area contributed by atoms with Crippen LogP contribution in [0.25, 0.3) is 10.6 Å². The largest absolute Gasteiger partial charge is 0.497 e. The van der Waals surface area contributed by atoms with Crippen molar-refractivity contribution in [3.63, 3.8) is 0 Å². The van der Waals surface area contributed by atoms with Gasteiger partial charge in [0.1, 0.15) is 10.8 Å². The average molecular weight is 366 g/mol. The van der Waals surface area contributed by atoms with E-state index in [1.165, 1.54) is 11.1 Å².